The van der Waals surface area contributed by atoms with E-state index >= 15 is 0 Å². The molecule has 0 saturated carbocycles. The van der Waals surface area contributed by atoms with Crippen LogP contribution >= 0.6 is 11.3 Å². The van der Waals surface area contributed by atoms with Crippen molar-refractivity contribution in [3.8, 4) is 0 Å². The van der Waals surface area contributed by atoms with Gasteiger partial charge in [0.25, 0.3) is 0 Å². The molecule has 0 radical (unpaired) electrons. The van der Waals surface area contributed by atoms with Crippen LogP contribution in [-0.2, 0) is 23.0 Å². The first-order valence-corrected chi connectivity index (χ1v) is 9.28. The number of hydrogen-bond donors (Lipinski definition) is 2. The molecule has 0 aliphatic carbocycles. The molecule has 0 unspecified atom stereocenters. The van der Waals surface area contributed by atoms with Gasteiger partial charge in [-0.05, 0) is 42.1 Å². The molecule has 0 fully saturated rings. The van der Waals surface area contributed by atoms with Crippen LogP contribution in [0.5, 0.6) is 0 Å². The Bertz CT molecular complexity index is 633. The third kappa shape index (κ3) is 4.96. The van der Waals surface area contributed by atoms with Crippen LogP contribution in [0.25, 0.3) is 0 Å². The Labute approximate surface area is 129 Å². The lowest BCUT2D eigenvalue weighted by Gasteiger charge is -2.03. The van der Waals surface area contributed by atoms with Crippen LogP contribution in [0.1, 0.15) is 24.7 Å². The number of rotatable bonds is 9. The lowest BCUT2D eigenvalue weighted by atomic mass is 10.3. The van der Waals surface area contributed by atoms with Crippen molar-refractivity contribution in [3.63, 3.8) is 0 Å². The van der Waals surface area contributed by atoms with Crippen LogP contribution in [0, 0.1) is 0 Å². The minimum atomic E-state index is -3.42. The van der Waals surface area contributed by atoms with Crippen LogP contribution in [0.15, 0.2) is 38.5 Å². The van der Waals surface area contributed by atoms with Gasteiger partial charge in [-0.15, -0.1) is 11.3 Å². The Morgan fingerprint density at radius 1 is 1.33 bits per heavy atom. The zero-order valence-electron chi connectivity index (χ0n) is 12.0. The molecule has 2 aromatic heterocycles. The van der Waals surface area contributed by atoms with E-state index in [1.165, 1.54) is 11.3 Å². The highest BCUT2D eigenvalue weighted by atomic mass is 32.2. The first-order chi connectivity index (χ1) is 10.1. The molecule has 0 atom stereocenters. The third-order valence-corrected chi connectivity index (χ3v) is 5.84. The lowest BCUT2D eigenvalue weighted by Crippen LogP contribution is -2.25. The van der Waals surface area contributed by atoms with E-state index < -0.39 is 10.0 Å². The Hall–Kier alpha value is -1.15. The number of hydrogen-bond acceptors (Lipinski definition) is 5. The second-order valence-electron chi connectivity index (χ2n) is 4.68. The summed E-state index contributed by atoms with van der Waals surface area (Å²) in [7, 11) is -3.42. The summed E-state index contributed by atoms with van der Waals surface area (Å²) in [5.74, 6) is 0.772. The van der Waals surface area contributed by atoms with Crippen LogP contribution in [0.4, 0.5) is 0 Å². The van der Waals surface area contributed by atoms with Gasteiger partial charge in [-0.2, -0.15) is 0 Å². The van der Waals surface area contributed by atoms with Crippen molar-refractivity contribution in [1.29, 1.82) is 0 Å². The van der Waals surface area contributed by atoms with Crippen LogP contribution < -0.4 is 10.0 Å². The van der Waals surface area contributed by atoms with Crippen molar-refractivity contribution < 1.29 is 12.8 Å². The van der Waals surface area contributed by atoms with Crippen LogP contribution in [0.3, 0.4) is 0 Å². The monoisotopic (exact) mass is 328 g/mol. The van der Waals surface area contributed by atoms with Gasteiger partial charge in [0.2, 0.25) is 10.0 Å². The normalized spacial score (nSPS) is 11.9. The van der Waals surface area contributed by atoms with E-state index in [0.717, 1.165) is 24.3 Å². The highest BCUT2D eigenvalue weighted by Crippen LogP contribution is 2.20. The SMILES string of the molecule is CCCNCc1csc(S(=O)(=O)NCCc2ccco2)c1. The minimum absolute atomic E-state index is 0.331. The molecule has 7 heteroatoms. The molecule has 0 saturated heterocycles. The van der Waals surface area contributed by atoms with E-state index in [1.54, 1.807) is 18.4 Å². The molecule has 0 amide bonds. The Balaban J connectivity index is 1.86. The predicted octanol–water partition coefficient (Wildman–Crippen LogP) is 2.36. The molecule has 2 N–H and O–H groups in total. The first kappa shape index (κ1) is 16.2. The molecule has 21 heavy (non-hydrogen) atoms. The van der Waals surface area contributed by atoms with Crippen molar-refractivity contribution in [2.24, 2.45) is 0 Å². The van der Waals surface area contributed by atoms with E-state index in [0.29, 0.717) is 23.7 Å². The molecule has 5 nitrogen and oxygen atoms in total. The second kappa shape index (κ2) is 7.74. The van der Waals surface area contributed by atoms with Crippen LogP contribution in [-0.4, -0.2) is 21.5 Å². The fraction of sp³-hybridized carbons (Fsp3) is 0.429. The lowest BCUT2D eigenvalue weighted by molar-refractivity contribution is 0.506. The predicted molar refractivity (Wildman–Crippen MR) is 83.9 cm³/mol. The highest BCUT2D eigenvalue weighted by Gasteiger charge is 2.16. The molecule has 0 spiro atoms. The van der Waals surface area contributed by atoms with Crippen molar-refractivity contribution in [1.82, 2.24) is 10.0 Å². The van der Waals surface area contributed by atoms with E-state index in [2.05, 4.69) is 17.0 Å². The molecule has 2 heterocycles. The molecule has 2 rings (SSSR count). The average Bonchev–Trinajstić information content (AvgIpc) is 3.10. The first-order valence-electron chi connectivity index (χ1n) is 6.92. The summed E-state index contributed by atoms with van der Waals surface area (Å²) in [4.78, 5) is 0. The van der Waals surface area contributed by atoms with Crippen LogP contribution in [0.2, 0.25) is 0 Å². The maximum absolute atomic E-state index is 12.2. The molecule has 0 aliphatic heterocycles. The number of nitrogens with one attached hydrogen (secondary N) is 2. The Morgan fingerprint density at radius 3 is 2.90 bits per heavy atom. The third-order valence-electron chi connectivity index (χ3n) is 2.89. The van der Waals surface area contributed by atoms with Gasteiger partial charge in [0, 0.05) is 19.5 Å². The second-order valence-corrected chi connectivity index (χ2v) is 7.58. The van der Waals surface area contributed by atoms with Gasteiger partial charge in [0.05, 0.1) is 6.26 Å². The van der Waals surface area contributed by atoms with Gasteiger partial charge in [0.15, 0.2) is 0 Å². The van der Waals surface area contributed by atoms with Gasteiger partial charge in [-0.25, -0.2) is 13.1 Å². The number of thiophene rings is 1. The van der Waals surface area contributed by atoms with E-state index in [1.807, 2.05) is 11.4 Å². The highest BCUT2D eigenvalue weighted by molar-refractivity contribution is 7.91. The van der Waals surface area contributed by atoms with Crippen molar-refractivity contribution in [2.45, 2.75) is 30.5 Å². The van der Waals surface area contributed by atoms with Gasteiger partial charge in [0.1, 0.15) is 9.97 Å². The number of furan rings is 1. The molecular weight excluding hydrogens is 308 g/mol. The molecule has 2 aromatic rings. The molecule has 116 valence electrons. The fourth-order valence-corrected chi connectivity index (χ4v) is 4.12. The summed E-state index contributed by atoms with van der Waals surface area (Å²) >= 11 is 1.25. The molecular formula is C14H20N2O3S2. The molecule has 0 bridgehead atoms. The maximum atomic E-state index is 12.2. The minimum Gasteiger partial charge on any atom is -0.469 e. The summed E-state index contributed by atoms with van der Waals surface area (Å²) in [5.41, 5.74) is 1.000. The maximum Gasteiger partial charge on any atom is 0.250 e. The van der Waals surface area contributed by atoms with Gasteiger partial charge in [-0.1, -0.05) is 6.92 Å². The van der Waals surface area contributed by atoms with Gasteiger partial charge < -0.3 is 9.73 Å². The van der Waals surface area contributed by atoms with E-state index in [4.69, 9.17) is 4.42 Å². The Morgan fingerprint density at radius 2 is 2.19 bits per heavy atom. The molecule has 0 aromatic carbocycles. The van der Waals surface area contributed by atoms with Crippen molar-refractivity contribution >= 4 is 21.4 Å². The number of sulfonamides is 1. The van der Waals surface area contributed by atoms with Gasteiger partial charge >= 0.3 is 0 Å². The summed E-state index contributed by atoms with van der Waals surface area (Å²) in [5, 5.41) is 5.14. The molecule has 0 aliphatic rings. The Kier molecular flexibility index (Phi) is 5.98. The smallest absolute Gasteiger partial charge is 0.250 e. The van der Waals surface area contributed by atoms with Crippen molar-refractivity contribution in [3.05, 3.63) is 41.2 Å². The largest absolute Gasteiger partial charge is 0.469 e. The summed E-state index contributed by atoms with van der Waals surface area (Å²) in [6.45, 7) is 4.06. The standard InChI is InChI=1S/C14H20N2O3S2/c1-2-6-15-10-12-9-14(20-11-12)21(17,18)16-7-5-13-4-3-8-19-13/h3-4,8-9,11,15-16H,2,5-7,10H2,1H3. The summed E-state index contributed by atoms with van der Waals surface area (Å²) < 4.78 is 32.4. The zero-order valence-corrected chi connectivity index (χ0v) is 13.6. The summed E-state index contributed by atoms with van der Waals surface area (Å²) in [6, 6.07) is 5.35. The quantitative estimate of drug-likeness (QED) is 0.693. The van der Waals surface area contributed by atoms with Crippen molar-refractivity contribution in [2.75, 3.05) is 13.1 Å². The zero-order chi connectivity index (χ0) is 15.1. The van der Waals surface area contributed by atoms with E-state index in [-0.39, 0.29) is 0 Å². The average molecular weight is 328 g/mol. The fourth-order valence-electron chi connectivity index (χ4n) is 1.83. The topological polar surface area (TPSA) is 71.3 Å². The van der Waals surface area contributed by atoms with E-state index in [9.17, 15) is 8.42 Å². The summed E-state index contributed by atoms with van der Waals surface area (Å²) in [6.07, 6.45) is 3.19. The van der Waals surface area contributed by atoms with Gasteiger partial charge in [-0.3, -0.25) is 0 Å².